The molecule has 2 aromatic heterocycles. The molecule has 148 valence electrons. The maximum Gasteiger partial charge on any atom is 0.255 e. The van der Waals surface area contributed by atoms with Crippen LogP contribution in [-0.2, 0) is 13.0 Å². The Balaban J connectivity index is 1.24. The zero-order valence-electron chi connectivity index (χ0n) is 16.4. The molecule has 3 aromatic rings. The van der Waals surface area contributed by atoms with Gasteiger partial charge in [0.15, 0.2) is 0 Å². The minimum absolute atomic E-state index is 0.0927. The molecule has 5 heteroatoms. The van der Waals surface area contributed by atoms with E-state index in [9.17, 15) is 4.79 Å². The highest BCUT2D eigenvalue weighted by Crippen LogP contribution is 2.23. The van der Waals surface area contributed by atoms with Crippen LogP contribution in [0.25, 0.3) is 0 Å². The largest absolute Gasteiger partial charge is 0.489 e. The third kappa shape index (κ3) is 5.19. The summed E-state index contributed by atoms with van der Waals surface area (Å²) < 4.78 is 5.77. The molecule has 0 bridgehead atoms. The lowest BCUT2D eigenvalue weighted by Gasteiger charge is -2.32. The average molecular weight is 387 g/mol. The van der Waals surface area contributed by atoms with Gasteiger partial charge in [-0.15, -0.1) is 0 Å². The van der Waals surface area contributed by atoms with Crippen molar-refractivity contribution in [3.8, 4) is 5.75 Å². The minimum Gasteiger partial charge on any atom is -0.489 e. The molecular formula is C24H25N3O2. The predicted octanol–water partition coefficient (Wildman–Crippen LogP) is 4.15. The van der Waals surface area contributed by atoms with E-state index in [-0.39, 0.29) is 5.91 Å². The van der Waals surface area contributed by atoms with Crippen LogP contribution in [0.3, 0.4) is 0 Å². The van der Waals surface area contributed by atoms with Crippen LogP contribution in [0.4, 0.5) is 0 Å². The summed E-state index contributed by atoms with van der Waals surface area (Å²) >= 11 is 0. The van der Waals surface area contributed by atoms with E-state index in [1.807, 2.05) is 29.2 Å². The number of amides is 1. The normalized spacial score (nSPS) is 14.6. The molecule has 29 heavy (non-hydrogen) atoms. The van der Waals surface area contributed by atoms with Crippen LogP contribution < -0.4 is 4.74 Å². The van der Waals surface area contributed by atoms with Gasteiger partial charge in [0.1, 0.15) is 12.4 Å². The van der Waals surface area contributed by atoms with Crippen molar-refractivity contribution in [1.82, 2.24) is 14.9 Å². The molecule has 1 aliphatic rings. The third-order valence-corrected chi connectivity index (χ3v) is 5.41. The Labute approximate surface area is 171 Å². The lowest BCUT2D eigenvalue weighted by molar-refractivity contribution is 0.0690. The summed E-state index contributed by atoms with van der Waals surface area (Å²) in [5.74, 6) is 1.54. The van der Waals surface area contributed by atoms with Crippen molar-refractivity contribution < 1.29 is 9.53 Å². The molecule has 1 amide bonds. The number of piperidine rings is 1. The van der Waals surface area contributed by atoms with Crippen molar-refractivity contribution in [1.29, 1.82) is 0 Å². The molecule has 0 aliphatic carbocycles. The molecule has 0 saturated carbocycles. The van der Waals surface area contributed by atoms with Crippen molar-refractivity contribution in [2.75, 3.05) is 13.1 Å². The van der Waals surface area contributed by atoms with Crippen molar-refractivity contribution in [3.05, 3.63) is 90.0 Å². The van der Waals surface area contributed by atoms with Gasteiger partial charge in [0.05, 0.1) is 5.56 Å². The van der Waals surface area contributed by atoms with Crippen LogP contribution in [0.15, 0.2) is 73.3 Å². The Morgan fingerprint density at radius 2 is 1.66 bits per heavy atom. The number of rotatable bonds is 6. The zero-order valence-corrected chi connectivity index (χ0v) is 16.4. The summed E-state index contributed by atoms with van der Waals surface area (Å²) in [4.78, 5) is 22.5. The molecule has 0 N–H and O–H groups in total. The number of carbonyl (C=O) groups excluding carboxylic acids is 1. The Kier molecular flexibility index (Phi) is 6.15. The smallest absolute Gasteiger partial charge is 0.255 e. The van der Waals surface area contributed by atoms with Crippen molar-refractivity contribution in [2.45, 2.75) is 25.9 Å². The Morgan fingerprint density at radius 1 is 0.931 bits per heavy atom. The van der Waals surface area contributed by atoms with Gasteiger partial charge in [-0.2, -0.15) is 0 Å². The summed E-state index contributed by atoms with van der Waals surface area (Å²) in [5.41, 5.74) is 3.17. The Morgan fingerprint density at radius 3 is 2.34 bits per heavy atom. The second-order valence-corrected chi connectivity index (χ2v) is 7.47. The first kappa shape index (κ1) is 19.1. The average Bonchev–Trinajstić information content (AvgIpc) is 2.80. The van der Waals surface area contributed by atoms with Crippen LogP contribution >= 0.6 is 0 Å². The minimum atomic E-state index is 0.0927. The fourth-order valence-electron chi connectivity index (χ4n) is 3.72. The van der Waals surface area contributed by atoms with Gasteiger partial charge in [-0.1, -0.05) is 24.3 Å². The summed E-state index contributed by atoms with van der Waals surface area (Å²) in [6.07, 6.45) is 9.94. The number of nitrogens with zero attached hydrogens (tertiary/aromatic N) is 3. The van der Waals surface area contributed by atoms with E-state index in [1.165, 1.54) is 5.56 Å². The number of benzene rings is 1. The van der Waals surface area contributed by atoms with E-state index in [1.54, 1.807) is 24.8 Å². The molecule has 1 aliphatic heterocycles. The fraction of sp³-hybridized carbons (Fsp3) is 0.292. The maximum absolute atomic E-state index is 12.5. The molecule has 3 heterocycles. The summed E-state index contributed by atoms with van der Waals surface area (Å²) in [5, 5.41) is 0. The first-order valence-corrected chi connectivity index (χ1v) is 10.1. The molecule has 0 radical (unpaired) electrons. The van der Waals surface area contributed by atoms with E-state index < -0.39 is 0 Å². The zero-order chi connectivity index (χ0) is 19.9. The van der Waals surface area contributed by atoms with Crippen LogP contribution in [0.5, 0.6) is 5.75 Å². The molecule has 1 aromatic carbocycles. The van der Waals surface area contributed by atoms with Crippen LogP contribution in [0.2, 0.25) is 0 Å². The molecule has 0 unspecified atom stereocenters. The van der Waals surface area contributed by atoms with E-state index in [2.05, 4.69) is 34.2 Å². The quantitative estimate of drug-likeness (QED) is 0.638. The van der Waals surface area contributed by atoms with E-state index in [4.69, 9.17) is 4.74 Å². The molecule has 1 fully saturated rings. The van der Waals surface area contributed by atoms with Gasteiger partial charge in [0.2, 0.25) is 0 Å². The topological polar surface area (TPSA) is 55.3 Å². The number of aromatic nitrogens is 2. The van der Waals surface area contributed by atoms with Gasteiger partial charge in [0.25, 0.3) is 5.91 Å². The maximum atomic E-state index is 12.5. The second-order valence-electron chi connectivity index (χ2n) is 7.47. The number of carbonyl (C=O) groups is 1. The van der Waals surface area contributed by atoms with E-state index >= 15 is 0 Å². The number of pyridine rings is 2. The molecular weight excluding hydrogens is 362 g/mol. The molecule has 0 spiro atoms. The van der Waals surface area contributed by atoms with E-state index in [0.29, 0.717) is 18.1 Å². The van der Waals surface area contributed by atoms with Crippen LogP contribution in [0.1, 0.15) is 34.3 Å². The molecule has 1 saturated heterocycles. The summed E-state index contributed by atoms with van der Waals surface area (Å²) in [6, 6.07) is 16.0. The second kappa shape index (κ2) is 9.32. The van der Waals surface area contributed by atoms with E-state index in [0.717, 1.165) is 43.7 Å². The van der Waals surface area contributed by atoms with Crippen molar-refractivity contribution >= 4 is 5.91 Å². The first-order valence-electron chi connectivity index (χ1n) is 10.1. The summed E-state index contributed by atoms with van der Waals surface area (Å²) in [7, 11) is 0. The number of ether oxygens (including phenoxy) is 1. The highest BCUT2D eigenvalue weighted by molar-refractivity contribution is 5.93. The SMILES string of the molecule is O=C(c1cccnc1)N1CCC(Cc2ccc(COc3ccncc3)cc2)CC1. The lowest BCUT2D eigenvalue weighted by atomic mass is 9.89. The standard InChI is InChI=1S/C24H25N3O2/c28-24(22-2-1-11-26-17-22)27-14-9-20(10-15-27)16-19-3-5-21(6-4-19)18-29-23-7-12-25-13-8-23/h1-8,11-13,17,20H,9-10,14-16,18H2. The van der Waals surface area contributed by atoms with Crippen molar-refractivity contribution in [3.63, 3.8) is 0 Å². The monoisotopic (exact) mass is 387 g/mol. The fourth-order valence-corrected chi connectivity index (χ4v) is 3.72. The van der Waals surface area contributed by atoms with Crippen molar-refractivity contribution in [2.24, 2.45) is 5.92 Å². The molecule has 0 atom stereocenters. The van der Waals surface area contributed by atoms with Gasteiger partial charge in [-0.3, -0.25) is 14.8 Å². The molecule has 4 rings (SSSR count). The van der Waals surface area contributed by atoms with Gasteiger partial charge in [0, 0.05) is 37.9 Å². The number of likely N-dealkylation sites (tertiary alicyclic amines) is 1. The van der Waals surface area contributed by atoms with Gasteiger partial charge in [-0.05, 0) is 60.6 Å². The predicted molar refractivity (Wildman–Crippen MR) is 112 cm³/mol. The third-order valence-electron chi connectivity index (χ3n) is 5.41. The first-order chi connectivity index (χ1) is 14.3. The van der Waals surface area contributed by atoms with Gasteiger partial charge < -0.3 is 9.64 Å². The summed E-state index contributed by atoms with van der Waals surface area (Å²) in [6.45, 7) is 2.19. The lowest BCUT2D eigenvalue weighted by Crippen LogP contribution is -2.38. The molecule has 5 nitrogen and oxygen atoms in total. The Bertz CT molecular complexity index is 906. The highest BCUT2D eigenvalue weighted by atomic mass is 16.5. The van der Waals surface area contributed by atoms with Crippen LogP contribution in [0, 0.1) is 5.92 Å². The van der Waals surface area contributed by atoms with Crippen LogP contribution in [-0.4, -0.2) is 33.9 Å². The number of hydrogen-bond donors (Lipinski definition) is 0. The van der Waals surface area contributed by atoms with Gasteiger partial charge >= 0.3 is 0 Å². The highest BCUT2D eigenvalue weighted by Gasteiger charge is 2.23. The number of hydrogen-bond acceptors (Lipinski definition) is 4. The van der Waals surface area contributed by atoms with Gasteiger partial charge in [-0.25, -0.2) is 0 Å². The Hall–Kier alpha value is -3.21.